The van der Waals surface area contributed by atoms with E-state index >= 15 is 0 Å². The maximum Gasteiger partial charge on any atom is 0.187 e. The van der Waals surface area contributed by atoms with Gasteiger partial charge in [-0.3, -0.25) is 4.98 Å². The molecule has 0 saturated heterocycles. The maximum absolute atomic E-state index is 10.2. The molecule has 0 aromatic carbocycles. The molecule has 0 radical (unpaired) electrons. The molecule has 0 aliphatic rings. The van der Waals surface area contributed by atoms with Crippen LogP contribution in [-0.2, 0) is 16.7 Å². The number of nitrogens with zero attached hydrogens (tertiary/aromatic N) is 2. The lowest BCUT2D eigenvalue weighted by molar-refractivity contribution is -0.697. The monoisotopic (exact) mass is 202 g/mol. The van der Waals surface area contributed by atoms with Crippen LogP contribution in [0.2, 0.25) is 0 Å². The zero-order chi connectivity index (χ0) is 9.73. The van der Waals surface area contributed by atoms with Gasteiger partial charge in [0.25, 0.3) is 0 Å². The molecule has 0 saturated carbocycles. The molecule has 0 fully saturated rings. The van der Waals surface area contributed by atoms with Crippen molar-refractivity contribution in [2.45, 2.75) is 13.0 Å². The molecule has 0 amide bonds. The van der Waals surface area contributed by atoms with Crippen LogP contribution in [0.25, 0.3) is 0 Å². The van der Waals surface area contributed by atoms with Gasteiger partial charge in [-0.05, 0) is 0 Å². The Morgan fingerprint density at radius 3 is 2.46 bits per heavy atom. The molecule has 5 nitrogen and oxygen atoms in total. The summed E-state index contributed by atoms with van der Waals surface area (Å²) >= 11 is 0. The first-order valence-corrected chi connectivity index (χ1v) is 5.38. The van der Waals surface area contributed by atoms with Gasteiger partial charge in [0, 0.05) is 12.2 Å². The Morgan fingerprint density at radius 1 is 1.31 bits per heavy atom. The molecule has 0 N–H and O–H groups in total. The lowest BCUT2D eigenvalue weighted by Gasteiger charge is -2.03. The van der Waals surface area contributed by atoms with E-state index in [4.69, 9.17) is 0 Å². The van der Waals surface area contributed by atoms with E-state index in [-0.39, 0.29) is 5.75 Å². The van der Waals surface area contributed by atoms with Gasteiger partial charge in [0.1, 0.15) is 6.54 Å². The third kappa shape index (κ3) is 4.54. The number of aryl methyl sites for hydroxylation is 1. The van der Waals surface area contributed by atoms with Crippen molar-refractivity contribution in [1.82, 2.24) is 4.98 Å². The third-order valence-corrected chi connectivity index (χ3v) is 2.29. The van der Waals surface area contributed by atoms with Gasteiger partial charge in [-0.1, -0.05) is 0 Å². The van der Waals surface area contributed by atoms with Gasteiger partial charge in [0.2, 0.25) is 0 Å². The molecule has 13 heavy (non-hydrogen) atoms. The predicted molar refractivity (Wildman–Crippen MR) is 43.6 cm³/mol. The second kappa shape index (κ2) is 4.29. The molecular formula is C7H10N2O3S. The summed E-state index contributed by atoms with van der Waals surface area (Å²) in [6, 6.07) is 0. The average Bonchev–Trinajstić information content (AvgIpc) is 2.04. The summed E-state index contributed by atoms with van der Waals surface area (Å²) in [5, 5.41) is 0. The fourth-order valence-electron chi connectivity index (χ4n) is 0.921. The first-order chi connectivity index (χ1) is 6.08. The SMILES string of the molecule is O=S(=O)([O-])CCC[n+]1ccncc1. The largest absolute Gasteiger partial charge is 0.748 e. The lowest BCUT2D eigenvalue weighted by atomic mass is 10.5. The Balaban J connectivity index is 2.37. The summed E-state index contributed by atoms with van der Waals surface area (Å²) in [6.07, 6.45) is 6.98. The highest BCUT2D eigenvalue weighted by Crippen LogP contribution is 1.87. The van der Waals surface area contributed by atoms with Crippen LogP contribution in [0.4, 0.5) is 0 Å². The van der Waals surface area contributed by atoms with Gasteiger partial charge in [0.15, 0.2) is 12.4 Å². The molecule has 6 heteroatoms. The topological polar surface area (TPSA) is 74.0 Å². The molecule has 1 heterocycles. The molecule has 1 rings (SSSR count). The molecular weight excluding hydrogens is 192 g/mol. The smallest absolute Gasteiger partial charge is 0.187 e. The van der Waals surface area contributed by atoms with E-state index < -0.39 is 10.1 Å². The van der Waals surface area contributed by atoms with Gasteiger partial charge < -0.3 is 4.55 Å². The Morgan fingerprint density at radius 2 is 1.92 bits per heavy atom. The van der Waals surface area contributed by atoms with Gasteiger partial charge >= 0.3 is 0 Å². The van der Waals surface area contributed by atoms with Crippen molar-refractivity contribution in [3.63, 3.8) is 0 Å². The highest BCUT2D eigenvalue weighted by atomic mass is 32.2. The van der Waals surface area contributed by atoms with Crippen molar-refractivity contribution in [3.05, 3.63) is 24.8 Å². The van der Waals surface area contributed by atoms with Crippen LogP contribution in [0.15, 0.2) is 24.8 Å². The van der Waals surface area contributed by atoms with E-state index in [1.54, 1.807) is 29.4 Å². The lowest BCUT2D eigenvalue weighted by Crippen LogP contribution is -2.33. The van der Waals surface area contributed by atoms with Crippen LogP contribution in [0.1, 0.15) is 6.42 Å². The predicted octanol–water partition coefficient (Wildman–Crippen LogP) is -0.696. The Labute approximate surface area is 76.8 Å². The van der Waals surface area contributed by atoms with Crippen molar-refractivity contribution in [2.75, 3.05) is 5.75 Å². The standard InChI is InChI=1S/C7H10N2O3S/c10-13(11,12)7-1-4-9-5-2-8-3-6-9/h2-3,5-6H,1,4,7H2. The molecule has 0 spiro atoms. The van der Waals surface area contributed by atoms with Gasteiger partial charge in [0.05, 0.1) is 22.5 Å². The summed E-state index contributed by atoms with van der Waals surface area (Å²) in [4.78, 5) is 3.80. The summed E-state index contributed by atoms with van der Waals surface area (Å²) in [5.41, 5.74) is 0. The Hall–Kier alpha value is -1.01. The van der Waals surface area contributed by atoms with Gasteiger partial charge in [-0.25, -0.2) is 13.0 Å². The molecule has 0 aliphatic heterocycles. The second-order valence-electron chi connectivity index (χ2n) is 2.60. The van der Waals surface area contributed by atoms with E-state index in [1.165, 1.54) is 0 Å². The summed E-state index contributed by atoms with van der Waals surface area (Å²) in [7, 11) is -4.07. The number of hydrogen-bond donors (Lipinski definition) is 0. The van der Waals surface area contributed by atoms with Crippen molar-refractivity contribution in [3.8, 4) is 0 Å². The Kier molecular flexibility index (Phi) is 3.32. The molecule has 72 valence electrons. The van der Waals surface area contributed by atoms with Crippen LogP contribution in [0, 0.1) is 0 Å². The van der Waals surface area contributed by atoms with E-state index in [1.807, 2.05) is 0 Å². The molecule has 1 aromatic rings. The van der Waals surface area contributed by atoms with E-state index in [2.05, 4.69) is 4.98 Å². The molecule has 0 aliphatic carbocycles. The number of rotatable bonds is 4. The van der Waals surface area contributed by atoms with Crippen LogP contribution in [0.5, 0.6) is 0 Å². The normalized spacial score (nSPS) is 11.5. The van der Waals surface area contributed by atoms with Gasteiger partial charge in [-0.15, -0.1) is 0 Å². The quantitative estimate of drug-likeness (QED) is 0.478. The first kappa shape index (κ1) is 10.1. The summed E-state index contributed by atoms with van der Waals surface area (Å²) in [6.45, 7) is 0.518. The molecule has 1 aromatic heterocycles. The molecule has 0 bridgehead atoms. The molecule has 0 atom stereocenters. The van der Waals surface area contributed by atoms with E-state index in [0.29, 0.717) is 13.0 Å². The zero-order valence-corrected chi connectivity index (χ0v) is 7.77. The van der Waals surface area contributed by atoms with Crippen LogP contribution in [0.3, 0.4) is 0 Å². The van der Waals surface area contributed by atoms with Crippen LogP contribution in [-0.4, -0.2) is 23.7 Å². The summed E-state index contributed by atoms with van der Waals surface area (Å²) in [5.74, 6) is -0.317. The minimum Gasteiger partial charge on any atom is -0.748 e. The minimum atomic E-state index is -4.07. The number of aromatic nitrogens is 2. The highest BCUT2D eigenvalue weighted by Gasteiger charge is 2.00. The fourth-order valence-corrected chi connectivity index (χ4v) is 1.40. The van der Waals surface area contributed by atoms with Crippen molar-refractivity contribution >= 4 is 10.1 Å². The highest BCUT2D eigenvalue weighted by molar-refractivity contribution is 7.85. The molecule has 0 unspecified atom stereocenters. The minimum absolute atomic E-state index is 0.317. The van der Waals surface area contributed by atoms with Crippen LogP contribution < -0.4 is 4.57 Å². The van der Waals surface area contributed by atoms with Crippen LogP contribution >= 0.6 is 0 Å². The van der Waals surface area contributed by atoms with Gasteiger partial charge in [-0.2, -0.15) is 0 Å². The number of hydrogen-bond acceptors (Lipinski definition) is 4. The first-order valence-electron chi connectivity index (χ1n) is 3.80. The van der Waals surface area contributed by atoms with Crippen molar-refractivity contribution in [1.29, 1.82) is 0 Å². The second-order valence-corrected chi connectivity index (χ2v) is 4.12. The van der Waals surface area contributed by atoms with Crippen molar-refractivity contribution < 1.29 is 17.5 Å². The van der Waals surface area contributed by atoms with E-state index in [9.17, 15) is 13.0 Å². The van der Waals surface area contributed by atoms with E-state index in [0.717, 1.165) is 0 Å². The van der Waals surface area contributed by atoms with Crippen molar-refractivity contribution in [2.24, 2.45) is 0 Å². The summed E-state index contributed by atoms with van der Waals surface area (Å²) < 4.78 is 32.5. The zero-order valence-electron chi connectivity index (χ0n) is 6.96. The fraction of sp³-hybridized carbons (Fsp3) is 0.429. The maximum atomic E-state index is 10.2. The Bertz CT molecular complexity index is 349. The average molecular weight is 202 g/mol. The third-order valence-electron chi connectivity index (χ3n) is 1.50.